The van der Waals surface area contributed by atoms with Crippen molar-refractivity contribution in [1.82, 2.24) is 9.80 Å². The van der Waals surface area contributed by atoms with Crippen molar-refractivity contribution in [2.75, 3.05) is 50.5 Å². The van der Waals surface area contributed by atoms with Crippen molar-refractivity contribution < 1.29 is 9.59 Å². The second-order valence-electron chi connectivity index (χ2n) is 7.10. The summed E-state index contributed by atoms with van der Waals surface area (Å²) in [5.74, 6) is 0.0857. The van der Waals surface area contributed by atoms with Crippen LogP contribution >= 0.6 is 0 Å². The van der Waals surface area contributed by atoms with Crippen molar-refractivity contribution in [3.8, 4) is 0 Å². The fourth-order valence-corrected chi connectivity index (χ4v) is 3.52. The van der Waals surface area contributed by atoms with Crippen molar-refractivity contribution in [2.24, 2.45) is 0 Å². The Labute approximate surface area is 149 Å². The van der Waals surface area contributed by atoms with E-state index >= 15 is 0 Å². The molecular weight excluding hydrogens is 316 g/mol. The minimum absolute atomic E-state index is 0.0857. The lowest BCUT2D eigenvalue weighted by Gasteiger charge is -2.29. The van der Waals surface area contributed by atoms with Gasteiger partial charge in [-0.2, -0.15) is 0 Å². The number of piperidine rings is 1. The summed E-state index contributed by atoms with van der Waals surface area (Å²) in [5.41, 5.74) is 2.37. The number of likely N-dealkylation sites (tertiary alicyclic amines) is 1. The van der Waals surface area contributed by atoms with Crippen molar-refractivity contribution >= 4 is 23.3 Å². The zero-order valence-electron chi connectivity index (χ0n) is 15.3. The van der Waals surface area contributed by atoms with Crippen LogP contribution in [-0.2, 0) is 0 Å². The number of hydrogen-bond donors (Lipinski definition) is 1. The molecule has 6 heteroatoms. The molecule has 0 aromatic heterocycles. The highest BCUT2D eigenvalue weighted by molar-refractivity contribution is 6.02. The van der Waals surface area contributed by atoms with Crippen LogP contribution in [0.1, 0.15) is 42.5 Å². The summed E-state index contributed by atoms with van der Waals surface area (Å²) in [6, 6.07) is 5.52. The molecule has 1 aromatic rings. The number of carbonyl (C=O) groups excluding carboxylic acids is 2. The highest BCUT2D eigenvalue weighted by atomic mass is 16.2. The van der Waals surface area contributed by atoms with Crippen molar-refractivity contribution in [3.05, 3.63) is 23.8 Å². The molecule has 2 aliphatic heterocycles. The number of benzene rings is 1. The maximum Gasteiger partial charge on any atom is 0.321 e. The van der Waals surface area contributed by atoms with Gasteiger partial charge < -0.3 is 20.0 Å². The van der Waals surface area contributed by atoms with Crippen LogP contribution in [0, 0.1) is 0 Å². The Morgan fingerprint density at radius 3 is 2.24 bits per heavy atom. The van der Waals surface area contributed by atoms with E-state index in [4.69, 9.17) is 0 Å². The second-order valence-corrected chi connectivity index (χ2v) is 7.10. The SMILES string of the molecule is CN(C)C(=O)Nc1ccc(N2CCCC2)c(C(=O)N2CCCCC2)c1. The molecule has 0 spiro atoms. The molecule has 136 valence electrons. The number of amides is 3. The van der Waals surface area contributed by atoms with Gasteiger partial charge in [-0.05, 0) is 50.3 Å². The van der Waals surface area contributed by atoms with Crippen LogP contribution in [0.5, 0.6) is 0 Å². The molecule has 0 unspecified atom stereocenters. The molecule has 0 saturated carbocycles. The number of hydrogen-bond acceptors (Lipinski definition) is 3. The Morgan fingerprint density at radius 1 is 0.960 bits per heavy atom. The molecule has 0 aliphatic carbocycles. The van der Waals surface area contributed by atoms with E-state index in [0.717, 1.165) is 57.5 Å². The number of nitrogens with zero attached hydrogens (tertiary/aromatic N) is 3. The molecule has 25 heavy (non-hydrogen) atoms. The zero-order valence-corrected chi connectivity index (χ0v) is 15.3. The Balaban J connectivity index is 1.89. The van der Waals surface area contributed by atoms with Gasteiger partial charge in [-0.3, -0.25) is 4.79 Å². The Hall–Kier alpha value is -2.24. The van der Waals surface area contributed by atoms with Gasteiger partial charge in [-0.15, -0.1) is 0 Å². The maximum atomic E-state index is 13.1. The number of carbonyl (C=O) groups is 2. The van der Waals surface area contributed by atoms with Crippen LogP contribution < -0.4 is 10.2 Å². The van der Waals surface area contributed by atoms with Crippen molar-refractivity contribution in [3.63, 3.8) is 0 Å². The first-order chi connectivity index (χ1) is 12.1. The average Bonchev–Trinajstić information content (AvgIpc) is 3.16. The molecule has 0 atom stereocenters. The van der Waals surface area contributed by atoms with Gasteiger partial charge in [0.15, 0.2) is 0 Å². The Morgan fingerprint density at radius 2 is 1.60 bits per heavy atom. The standard InChI is InChI=1S/C19H28N4O2/c1-21(2)19(25)20-15-8-9-17(22-10-6-7-11-22)16(14-15)18(24)23-12-4-3-5-13-23/h8-9,14H,3-7,10-13H2,1-2H3,(H,20,25). The van der Waals surface area contributed by atoms with Gasteiger partial charge in [0.05, 0.1) is 5.56 Å². The van der Waals surface area contributed by atoms with E-state index in [1.807, 2.05) is 23.1 Å². The first-order valence-electron chi connectivity index (χ1n) is 9.23. The predicted molar refractivity (Wildman–Crippen MR) is 100 cm³/mol. The van der Waals surface area contributed by atoms with Gasteiger partial charge in [0.2, 0.25) is 0 Å². The van der Waals surface area contributed by atoms with Crippen LogP contribution in [0.25, 0.3) is 0 Å². The number of urea groups is 1. The fourth-order valence-electron chi connectivity index (χ4n) is 3.52. The van der Waals surface area contributed by atoms with E-state index < -0.39 is 0 Å². The fraction of sp³-hybridized carbons (Fsp3) is 0.579. The summed E-state index contributed by atoms with van der Waals surface area (Å²) in [5, 5.41) is 2.86. The van der Waals surface area contributed by atoms with Gasteiger partial charge in [-0.1, -0.05) is 0 Å². The average molecular weight is 344 g/mol. The molecule has 3 amide bonds. The lowest BCUT2D eigenvalue weighted by atomic mass is 10.1. The van der Waals surface area contributed by atoms with E-state index in [0.29, 0.717) is 11.3 Å². The molecule has 6 nitrogen and oxygen atoms in total. The third-order valence-corrected chi connectivity index (χ3v) is 4.97. The zero-order chi connectivity index (χ0) is 17.8. The minimum Gasteiger partial charge on any atom is -0.371 e. The second kappa shape index (κ2) is 7.76. The first-order valence-corrected chi connectivity index (χ1v) is 9.23. The van der Waals surface area contributed by atoms with Crippen LogP contribution in [0.4, 0.5) is 16.2 Å². The molecular formula is C19H28N4O2. The molecule has 3 rings (SSSR count). The van der Waals surface area contributed by atoms with Gasteiger partial charge in [0.1, 0.15) is 0 Å². The highest BCUT2D eigenvalue weighted by Crippen LogP contribution is 2.29. The topological polar surface area (TPSA) is 55.9 Å². The minimum atomic E-state index is -0.190. The lowest BCUT2D eigenvalue weighted by Crippen LogP contribution is -2.36. The van der Waals surface area contributed by atoms with Crippen LogP contribution in [0.15, 0.2) is 18.2 Å². The molecule has 2 aliphatic rings. The summed E-state index contributed by atoms with van der Waals surface area (Å²) >= 11 is 0. The summed E-state index contributed by atoms with van der Waals surface area (Å²) in [6.45, 7) is 3.63. The molecule has 1 aromatic carbocycles. The van der Waals surface area contributed by atoms with Crippen LogP contribution in [0.2, 0.25) is 0 Å². The molecule has 2 saturated heterocycles. The monoisotopic (exact) mass is 344 g/mol. The summed E-state index contributed by atoms with van der Waals surface area (Å²) in [7, 11) is 3.40. The van der Waals surface area contributed by atoms with E-state index in [1.54, 1.807) is 14.1 Å². The van der Waals surface area contributed by atoms with E-state index in [2.05, 4.69) is 10.2 Å². The quantitative estimate of drug-likeness (QED) is 0.917. The smallest absolute Gasteiger partial charge is 0.321 e. The van der Waals surface area contributed by atoms with Gasteiger partial charge in [0.25, 0.3) is 5.91 Å². The normalized spacial score (nSPS) is 17.5. The molecule has 0 bridgehead atoms. The number of rotatable bonds is 3. The van der Waals surface area contributed by atoms with Crippen LogP contribution in [0.3, 0.4) is 0 Å². The number of nitrogens with one attached hydrogen (secondary N) is 1. The van der Waals surface area contributed by atoms with E-state index in [-0.39, 0.29) is 11.9 Å². The molecule has 1 N–H and O–H groups in total. The summed E-state index contributed by atoms with van der Waals surface area (Å²) in [6.07, 6.45) is 5.66. The van der Waals surface area contributed by atoms with Gasteiger partial charge in [0, 0.05) is 51.6 Å². The third-order valence-electron chi connectivity index (χ3n) is 4.97. The van der Waals surface area contributed by atoms with Gasteiger partial charge >= 0.3 is 6.03 Å². The lowest BCUT2D eigenvalue weighted by molar-refractivity contribution is 0.0725. The summed E-state index contributed by atoms with van der Waals surface area (Å²) in [4.78, 5) is 30.8. The van der Waals surface area contributed by atoms with Crippen molar-refractivity contribution in [2.45, 2.75) is 32.1 Å². The maximum absolute atomic E-state index is 13.1. The summed E-state index contributed by atoms with van der Waals surface area (Å²) < 4.78 is 0. The Kier molecular flexibility index (Phi) is 5.46. The largest absolute Gasteiger partial charge is 0.371 e. The Bertz CT molecular complexity index is 632. The first kappa shape index (κ1) is 17.6. The predicted octanol–water partition coefficient (Wildman–Crippen LogP) is 3.01. The van der Waals surface area contributed by atoms with E-state index in [9.17, 15) is 9.59 Å². The number of anilines is 2. The van der Waals surface area contributed by atoms with E-state index in [1.165, 1.54) is 11.3 Å². The molecule has 0 radical (unpaired) electrons. The molecule has 2 heterocycles. The van der Waals surface area contributed by atoms with Crippen molar-refractivity contribution in [1.29, 1.82) is 0 Å². The van der Waals surface area contributed by atoms with Gasteiger partial charge in [-0.25, -0.2) is 4.79 Å². The third kappa shape index (κ3) is 4.06. The molecule has 2 fully saturated rings. The van der Waals surface area contributed by atoms with Crippen LogP contribution in [-0.4, -0.2) is 62.0 Å². The highest BCUT2D eigenvalue weighted by Gasteiger charge is 2.25.